The van der Waals surface area contributed by atoms with E-state index in [1.54, 1.807) is 12.1 Å². The normalized spacial score (nSPS) is 18.2. The first-order valence-electron chi connectivity index (χ1n) is 5.85. The van der Waals surface area contributed by atoms with Crippen molar-refractivity contribution in [2.75, 3.05) is 20.6 Å². The highest BCUT2D eigenvalue weighted by Gasteiger charge is 2.20. The largest absolute Gasteiger partial charge is 0.305 e. The van der Waals surface area contributed by atoms with E-state index in [0.717, 1.165) is 12.1 Å². The molecule has 0 fully saturated rings. The monoisotopic (exact) mass is 244 g/mol. The van der Waals surface area contributed by atoms with Gasteiger partial charge in [0.2, 0.25) is 0 Å². The zero-order valence-corrected chi connectivity index (χ0v) is 10.5. The fourth-order valence-corrected chi connectivity index (χ4v) is 2.17. The van der Waals surface area contributed by atoms with Gasteiger partial charge in [-0.2, -0.15) is 0 Å². The molecule has 1 atom stereocenters. The first-order valence-corrected chi connectivity index (χ1v) is 5.85. The van der Waals surface area contributed by atoms with Crippen LogP contribution in [0.15, 0.2) is 48.1 Å². The number of nitrogens with zero attached hydrogens (tertiary/aromatic N) is 2. The fourth-order valence-electron chi connectivity index (χ4n) is 2.17. The quantitative estimate of drug-likeness (QED) is 0.604. The molecule has 0 spiro atoms. The van der Waals surface area contributed by atoms with Gasteiger partial charge in [-0.15, -0.1) is 0 Å². The van der Waals surface area contributed by atoms with E-state index in [9.17, 15) is 10.1 Å². The summed E-state index contributed by atoms with van der Waals surface area (Å²) in [6.45, 7) is 0.855. The average Bonchev–Trinajstić information content (AvgIpc) is 2.76. The predicted molar refractivity (Wildman–Crippen MR) is 71.6 cm³/mol. The van der Waals surface area contributed by atoms with Gasteiger partial charge in [0.1, 0.15) is 0 Å². The van der Waals surface area contributed by atoms with Crippen LogP contribution in [0.2, 0.25) is 0 Å². The molecule has 18 heavy (non-hydrogen) atoms. The third kappa shape index (κ3) is 2.65. The summed E-state index contributed by atoms with van der Waals surface area (Å²) in [5.74, 6) is 0.0153. The Balaban J connectivity index is 2.27. The summed E-state index contributed by atoms with van der Waals surface area (Å²) in [6.07, 6.45) is 6.14. The van der Waals surface area contributed by atoms with Crippen LogP contribution in [0, 0.1) is 10.1 Å². The van der Waals surface area contributed by atoms with Crippen molar-refractivity contribution in [3.8, 4) is 0 Å². The highest BCUT2D eigenvalue weighted by atomic mass is 16.6. The Bertz CT molecular complexity index is 518. The number of likely N-dealkylation sites (N-methyl/N-ethyl adjacent to an activating group) is 1. The maximum atomic E-state index is 11.0. The van der Waals surface area contributed by atoms with Gasteiger partial charge in [0.15, 0.2) is 0 Å². The van der Waals surface area contributed by atoms with E-state index < -0.39 is 0 Å². The third-order valence-electron chi connectivity index (χ3n) is 2.90. The minimum atomic E-state index is -0.318. The van der Waals surface area contributed by atoms with Gasteiger partial charge in [-0.25, -0.2) is 0 Å². The fraction of sp³-hybridized carbons (Fsp3) is 0.286. The standard InChI is InChI=1S/C14H16N2O2/c1-15(2)10-11-7-8-12(9-11)13-5-3-4-6-14(13)16(17)18/h3-9,12H,10H2,1-2H3. The molecule has 1 aliphatic rings. The average molecular weight is 244 g/mol. The second kappa shape index (κ2) is 5.14. The molecular formula is C14H16N2O2. The highest BCUT2D eigenvalue weighted by Crippen LogP contribution is 2.32. The summed E-state index contributed by atoms with van der Waals surface area (Å²) in [7, 11) is 4.01. The number of benzene rings is 1. The lowest BCUT2D eigenvalue weighted by molar-refractivity contribution is -0.385. The summed E-state index contributed by atoms with van der Waals surface area (Å²) >= 11 is 0. The summed E-state index contributed by atoms with van der Waals surface area (Å²) < 4.78 is 0. The van der Waals surface area contributed by atoms with E-state index in [2.05, 4.69) is 11.0 Å². The lowest BCUT2D eigenvalue weighted by Crippen LogP contribution is -2.13. The van der Waals surface area contributed by atoms with Gasteiger partial charge < -0.3 is 4.90 Å². The molecule has 4 heteroatoms. The SMILES string of the molecule is CN(C)CC1=CC(c2ccccc2[N+](=O)[O-])C=C1. The smallest absolute Gasteiger partial charge is 0.273 e. The molecular weight excluding hydrogens is 228 g/mol. The zero-order valence-electron chi connectivity index (χ0n) is 10.5. The zero-order chi connectivity index (χ0) is 13.1. The van der Waals surface area contributed by atoms with Crippen molar-refractivity contribution in [2.45, 2.75) is 5.92 Å². The second-order valence-corrected chi connectivity index (χ2v) is 4.68. The topological polar surface area (TPSA) is 46.4 Å². The van der Waals surface area contributed by atoms with Crippen LogP contribution < -0.4 is 0 Å². The van der Waals surface area contributed by atoms with E-state index in [1.807, 2.05) is 38.4 Å². The molecule has 1 aromatic rings. The van der Waals surface area contributed by atoms with E-state index in [-0.39, 0.29) is 16.5 Å². The lowest BCUT2D eigenvalue weighted by atomic mass is 9.99. The molecule has 94 valence electrons. The molecule has 4 nitrogen and oxygen atoms in total. The molecule has 0 radical (unpaired) electrons. The Morgan fingerprint density at radius 2 is 2.06 bits per heavy atom. The van der Waals surface area contributed by atoms with Gasteiger partial charge in [0.05, 0.1) is 4.92 Å². The number of allylic oxidation sites excluding steroid dienone is 2. The van der Waals surface area contributed by atoms with Crippen molar-refractivity contribution in [2.24, 2.45) is 0 Å². The Hall–Kier alpha value is -1.94. The Labute approximate surface area is 106 Å². The first-order chi connectivity index (χ1) is 8.58. The minimum absolute atomic E-state index is 0.0153. The van der Waals surface area contributed by atoms with Gasteiger partial charge in [-0.3, -0.25) is 10.1 Å². The van der Waals surface area contributed by atoms with E-state index >= 15 is 0 Å². The second-order valence-electron chi connectivity index (χ2n) is 4.68. The van der Waals surface area contributed by atoms with Crippen LogP contribution in [0.25, 0.3) is 0 Å². The van der Waals surface area contributed by atoms with Gasteiger partial charge >= 0.3 is 0 Å². The van der Waals surface area contributed by atoms with Crippen molar-refractivity contribution in [3.05, 3.63) is 63.7 Å². The lowest BCUT2D eigenvalue weighted by Gasteiger charge is -2.09. The number of hydrogen-bond acceptors (Lipinski definition) is 3. The van der Waals surface area contributed by atoms with E-state index in [4.69, 9.17) is 0 Å². The van der Waals surface area contributed by atoms with Crippen LogP contribution in [-0.4, -0.2) is 30.5 Å². The van der Waals surface area contributed by atoms with Crippen LogP contribution in [0.4, 0.5) is 5.69 Å². The first kappa shape index (κ1) is 12.5. The number of rotatable bonds is 4. The van der Waals surface area contributed by atoms with Crippen molar-refractivity contribution >= 4 is 5.69 Å². The molecule has 0 heterocycles. The molecule has 1 unspecified atom stereocenters. The van der Waals surface area contributed by atoms with E-state index in [1.165, 1.54) is 5.57 Å². The Morgan fingerprint density at radius 1 is 1.33 bits per heavy atom. The molecule has 0 N–H and O–H groups in total. The van der Waals surface area contributed by atoms with Crippen LogP contribution >= 0.6 is 0 Å². The molecule has 0 bridgehead atoms. The van der Waals surface area contributed by atoms with Crippen molar-refractivity contribution in [3.63, 3.8) is 0 Å². The Kier molecular flexibility index (Phi) is 3.58. The van der Waals surface area contributed by atoms with Gasteiger partial charge in [-0.1, -0.05) is 36.4 Å². The summed E-state index contributed by atoms with van der Waals surface area (Å²) in [5, 5.41) is 11.0. The Morgan fingerprint density at radius 3 is 2.72 bits per heavy atom. The molecule has 0 saturated carbocycles. The number of nitro benzene ring substituents is 1. The molecule has 1 aromatic carbocycles. The number of nitro groups is 1. The molecule has 2 rings (SSSR count). The maximum absolute atomic E-state index is 11.0. The molecule has 1 aliphatic carbocycles. The van der Waals surface area contributed by atoms with Crippen LogP contribution in [0.1, 0.15) is 11.5 Å². The van der Waals surface area contributed by atoms with Crippen molar-refractivity contribution in [1.29, 1.82) is 0 Å². The van der Waals surface area contributed by atoms with E-state index in [0.29, 0.717) is 0 Å². The number of para-hydroxylation sites is 1. The molecule has 0 saturated heterocycles. The molecule has 0 aromatic heterocycles. The van der Waals surface area contributed by atoms with Crippen LogP contribution in [0.5, 0.6) is 0 Å². The van der Waals surface area contributed by atoms with Crippen LogP contribution in [-0.2, 0) is 0 Å². The van der Waals surface area contributed by atoms with Gasteiger partial charge in [-0.05, 0) is 19.7 Å². The van der Waals surface area contributed by atoms with Crippen LogP contribution in [0.3, 0.4) is 0 Å². The predicted octanol–water partition coefficient (Wildman–Crippen LogP) is 2.74. The number of hydrogen-bond donors (Lipinski definition) is 0. The van der Waals surface area contributed by atoms with Gasteiger partial charge in [0.25, 0.3) is 5.69 Å². The highest BCUT2D eigenvalue weighted by molar-refractivity contribution is 5.50. The maximum Gasteiger partial charge on any atom is 0.273 e. The molecule has 0 amide bonds. The summed E-state index contributed by atoms with van der Waals surface area (Å²) in [4.78, 5) is 12.8. The summed E-state index contributed by atoms with van der Waals surface area (Å²) in [6, 6.07) is 6.92. The third-order valence-corrected chi connectivity index (χ3v) is 2.90. The van der Waals surface area contributed by atoms with Gasteiger partial charge in [0, 0.05) is 24.1 Å². The minimum Gasteiger partial charge on any atom is -0.305 e. The summed E-state index contributed by atoms with van der Waals surface area (Å²) in [5.41, 5.74) is 2.14. The van der Waals surface area contributed by atoms with Crippen molar-refractivity contribution < 1.29 is 4.92 Å². The molecule has 0 aliphatic heterocycles. The van der Waals surface area contributed by atoms with Crippen molar-refractivity contribution in [1.82, 2.24) is 4.90 Å².